The lowest BCUT2D eigenvalue weighted by atomic mass is 9.83. The molecule has 2 aromatic rings. The van der Waals surface area contributed by atoms with Crippen LogP contribution in [0.4, 0.5) is 0 Å². The molecule has 0 bridgehead atoms. The number of rotatable bonds is 4. The minimum Gasteiger partial charge on any atom is -0.0795 e. The van der Waals surface area contributed by atoms with Crippen molar-refractivity contribution in [2.75, 3.05) is 0 Å². The summed E-state index contributed by atoms with van der Waals surface area (Å²) in [5.41, 5.74) is 7.05. The molecule has 0 N–H and O–H groups in total. The third-order valence-electron chi connectivity index (χ3n) is 3.77. The van der Waals surface area contributed by atoms with Crippen LogP contribution in [0.15, 0.2) is 60.2 Å². The van der Waals surface area contributed by atoms with E-state index in [2.05, 4.69) is 82.3 Å². The fourth-order valence-corrected chi connectivity index (χ4v) is 2.83. The van der Waals surface area contributed by atoms with Crippen LogP contribution in [0, 0.1) is 6.92 Å². The molecular formula is C20H24. The molecule has 1 atom stereocenters. The summed E-state index contributed by atoms with van der Waals surface area (Å²) in [6.07, 6.45) is 3.47. The molecular weight excluding hydrogens is 240 g/mol. The van der Waals surface area contributed by atoms with Gasteiger partial charge < -0.3 is 0 Å². The highest BCUT2D eigenvalue weighted by Gasteiger charge is 2.16. The molecule has 0 nitrogen and oxygen atoms in total. The first-order valence-corrected chi connectivity index (χ1v) is 7.41. The van der Waals surface area contributed by atoms with Crippen molar-refractivity contribution in [3.63, 3.8) is 0 Å². The van der Waals surface area contributed by atoms with E-state index in [1.807, 2.05) is 0 Å². The van der Waals surface area contributed by atoms with Crippen molar-refractivity contribution in [2.45, 2.75) is 40.0 Å². The van der Waals surface area contributed by atoms with E-state index in [1.54, 1.807) is 0 Å². The smallest absolute Gasteiger partial charge is 0.0277 e. The van der Waals surface area contributed by atoms with Gasteiger partial charge in [0, 0.05) is 5.92 Å². The van der Waals surface area contributed by atoms with Crippen LogP contribution in [0.2, 0.25) is 0 Å². The molecule has 20 heavy (non-hydrogen) atoms. The van der Waals surface area contributed by atoms with Crippen LogP contribution in [0.1, 0.15) is 48.9 Å². The van der Waals surface area contributed by atoms with Gasteiger partial charge in [0.1, 0.15) is 0 Å². The van der Waals surface area contributed by atoms with Gasteiger partial charge in [-0.25, -0.2) is 0 Å². The first-order chi connectivity index (χ1) is 9.63. The van der Waals surface area contributed by atoms with E-state index in [4.69, 9.17) is 0 Å². The lowest BCUT2D eigenvalue weighted by Crippen LogP contribution is -2.05. The molecule has 0 spiro atoms. The fraction of sp³-hybridized carbons (Fsp3) is 0.300. The number of hydrogen-bond donors (Lipinski definition) is 0. The predicted molar refractivity (Wildman–Crippen MR) is 88.3 cm³/mol. The summed E-state index contributed by atoms with van der Waals surface area (Å²) in [5, 5.41) is 0. The lowest BCUT2D eigenvalue weighted by molar-refractivity contribution is 0.946. The molecule has 0 aliphatic rings. The van der Waals surface area contributed by atoms with Gasteiger partial charge in [0.25, 0.3) is 0 Å². The summed E-state index contributed by atoms with van der Waals surface area (Å²) in [6, 6.07) is 17.5. The molecule has 0 aliphatic carbocycles. The van der Waals surface area contributed by atoms with Crippen molar-refractivity contribution < 1.29 is 0 Å². The maximum atomic E-state index is 2.39. The summed E-state index contributed by atoms with van der Waals surface area (Å²) < 4.78 is 0. The van der Waals surface area contributed by atoms with Crippen LogP contribution in [-0.2, 0) is 6.42 Å². The van der Waals surface area contributed by atoms with E-state index in [-0.39, 0.29) is 0 Å². The average molecular weight is 264 g/mol. The van der Waals surface area contributed by atoms with Gasteiger partial charge in [-0.05, 0) is 49.4 Å². The Labute approximate surface area is 123 Å². The molecule has 0 fully saturated rings. The highest BCUT2D eigenvalue weighted by atomic mass is 14.2. The Morgan fingerprint density at radius 2 is 1.70 bits per heavy atom. The number of benzene rings is 2. The minimum atomic E-state index is 0.359. The lowest BCUT2D eigenvalue weighted by Gasteiger charge is -2.21. The fourth-order valence-electron chi connectivity index (χ4n) is 2.83. The van der Waals surface area contributed by atoms with E-state index in [1.165, 1.54) is 27.8 Å². The van der Waals surface area contributed by atoms with E-state index in [0.29, 0.717) is 5.92 Å². The summed E-state index contributed by atoms with van der Waals surface area (Å²) in [6.45, 7) is 8.83. The van der Waals surface area contributed by atoms with E-state index in [9.17, 15) is 0 Å². The van der Waals surface area contributed by atoms with E-state index < -0.39 is 0 Å². The highest BCUT2D eigenvalue weighted by molar-refractivity contribution is 5.46. The van der Waals surface area contributed by atoms with Crippen molar-refractivity contribution in [3.8, 4) is 0 Å². The number of aryl methyl sites for hydroxylation is 2. The van der Waals surface area contributed by atoms with Gasteiger partial charge in [0.2, 0.25) is 0 Å². The van der Waals surface area contributed by atoms with Crippen molar-refractivity contribution in [1.82, 2.24) is 0 Å². The molecule has 2 rings (SSSR count). The van der Waals surface area contributed by atoms with Crippen LogP contribution in [-0.4, -0.2) is 0 Å². The SMILES string of the molecule is CCc1cccc(C)c1C(C=C(C)C)c1ccccc1. The molecule has 0 heterocycles. The van der Waals surface area contributed by atoms with E-state index >= 15 is 0 Å². The van der Waals surface area contributed by atoms with Crippen molar-refractivity contribution in [3.05, 3.63) is 82.4 Å². The normalized spacial score (nSPS) is 12.0. The van der Waals surface area contributed by atoms with Crippen molar-refractivity contribution in [2.24, 2.45) is 0 Å². The topological polar surface area (TPSA) is 0 Å². The molecule has 0 radical (unpaired) electrons. The second-order valence-corrected chi connectivity index (χ2v) is 5.63. The largest absolute Gasteiger partial charge is 0.0795 e. The maximum Gasteiger partial charge on any atom is 0.0277 e. The Kier molecular flexibility index (Phi) is 4.79. The van der Waals surface area contributed by atoms with Gasteiger partial charge in [-0.2, -0.15) is 0 Å². The third kappa shape index (κ3) is 3.19. The van der Waals surface area contributed by atoms with Crippen LogP contribution >= 0.6 is 0 Å². The molecule has 0 amide bonds. The number of hydrogen-bond acceptors (Lipinski definition) is 0. The minimum absolute atomic E-state index is 0.359. The van der Waals surface area contributed by atoms with Crippen LogP contribution in [0.3, 0.4) is 0 Å². The molecule has 0 aliphatic heterocycles. The zero-order valence-corrected chi connectivity index (χ0v) is 13.0. The second kappa shape index (κ2) is 6.56. The number of allylic oxidation sites excluding steroid dienone is 2. The average Bonchev–Trinajstić information content (AvgIpc) is 2.45. The van der Waals surface area contributed by atoms with Crippen molar-refractivity contribution in [1.29, 1.82) is 0 Å². The van der Waals surface area contributed by atoms with Gasteiger partial charge in [-0.1, -0.05) is 67.1 Å². The van der Waals surface area contributed by atoms with Crippen LogP contribution < -0.4 is 0 Å². The molecule has 0 heteroatoms. The molecule has 2 aromatic carbocycles. The third-order valence-corrected chi connectivity index (χ3v) is 3.77. The Morgan fingerprint density at radius 3 is 2.30 bits per heavy atom. The molecule has 0 aromatic heterocycles. The summed E-state index contributed by atoms with van der Waals surface area (Å²) in [7, 11) is 0. The van der Waals surface area contributed by atoms with Gasteiger partial charge in [0.15, 0.2) is 0 Å². The molecule has 1 unspecified atom stereocenters. The zero-order chi connectivity index (χ0) is 14.5. The molecule has 0 saturated carbocycles. The summed E-state index contributed by atoms with van der Waals surface area (Å²) in [5.74, 6) is 0.359. The van der Waals surface area contributed by atoms with Gasteiger partial charge >= 0.3 is 0 Å². The summed E-state index contributed by atoms with van der Waals surface area (Å²) in [4.78, 5) is 0. The van der Waals surface area contributed by atoms with Gasteiger partial charge in [-0.15, -0.1) is 0 Å². The first-order valence-electron chi connectivity index (χ1n) is 7.41. The Bertz CT molecular complexity index is 587. The Balaban J connectivity index is 2.62. The highest BCUT2D eigenvalue weighted by Crippen LogP contribution is 2.32. The first kappa shape index (κ1) is 14.6. The standard InChI is InChI=1S/C20H24/c1-5-17-13-9-10-16(4)20(17)19(14-15(2)3)18-11-7-6-8-12-18/h6-14,19H,5H2,1-4H3. The van der Waals surface area contributed by atoms with Gasteiger partial charge in [-0.3, -0.25) is 0 Å². The Hall–Kier alpha value is -1.82. The quantitative estimate of drug-likeness (QED) is 0.625. The zero-order valence-electron chi connectivity index (χ0n) is 13.0. The predicted octanol–water partition coefficient (Wildman–Crippen LogP) is 5.66. The molecule has 104 valence electrons. The van der Waals surface area contributed by atoms with Crippen molar-refractivity contribution >= 4 is 0 Å². The maximum absolute atomic E-state index is 2.39. The summed E-state index contributed by atoms with van der Waals surface area (Å²) >= 11 is 0. The van der Waals surface area contributed by atoms with Crippen LogP contribution in [0.25, 0.3) is 0 Å². The Morgan fingerprint density at radius 1 is 1.00 bits per heavy atom. The molecule has 0 saturated heterocycles. The van der Waals surface area contributed by atoms with Crippen LogP contribution in [0.5, 0.6) is 0 Å². The second-order valence-electron chi connectivity index (χ2n) is 5.63. The van der Waals surface area contributed by atoms with E-state index in [0.717, 1.165) is 6.42 Å². The van der Waals surface area contributed by atoms with Gasteiger partial charge in [0.05, 0.1) is 0 Å². The monoisotopic (exact) mass is 264 g/mol.